The topological polar surface area (TPSA) is 38.8 Å². The first-order chi connectivity index (χ1) is 10.1. The Morgan fingerprint density at radius 3 is 2.90 bits per heavy atom. The Balaban J connectivity index is 1.89. The lowest BCUT2D eigenvalue weighted by molar-refractivity contribution is -0.148. The van der Waals surface area contributed by atoms with E-state index in [4.69, 9.17) is 9.47 Å². The van der Waals surface area contributed by atoms with E-state index in [9.17, 15) is 4.79 Å². The molecule has 0 radical (unpaired) electrons. The van der Waals surface area contributed by atoms with Crippen molar-refractivity contribution in [2.45, 2.75) is 39.2 Å². The molecular weight excluding hydrogens is 266 g/mol. The highest BCUT2D eigenvalue weighted by molar-refractivity contribution is 5.75. The van der Waals surface area contributed by atoms with Crippen molar-refractivity contribution >= 4 is 5.97 Å². The fraction of sp³-hybridized carbons (Fsp3) is 0.588. The lowest BCUT2D eigenvalue weighted by atomic mass is 10.0. The third kappa shape index (κ3) is 4.21. The summed E-state index contributed by atoms with van der Waals surface area (Å²) in [4.78, 5) is 14.0. The fourth-order valence-electron chi connectivity index (χ4n) is 2.80. The largest absolute Gasteiger partial charge is 0.492 e. The van der Waals surface area contributed by atoms with Gasteiger partial charge < -0.3 is 9.47 Å². The van der Waals surface area contributed by atoms with Gasteiger partial charge in [-0.2, -0.15) is 0 Å². The Bertz CT molecular complexity index is 487. The van der Waals surface area contributed by atoms with Crippen LogP contribution in [0, 0.1) is 13.8 Å². The van der Waals surface area contributed by atoms with Gasteiger partial charge in [0, 0.05) is 6.54 Å². The summed E-state index contributed by atoms with van der Waals surface area (Å²) in [6.45, 7) is 6.40. The summed E-state index contributed by atoms with van der Waals surface area (Å²) in [5, 5.41) is 0. The van der Waals surface area contributed by atoms with Crippen molar-refractivity contribution in [2.75, 3.05) is 26.8 Å². The third-order valence-electron chi connectivity index (χ3n) is 4.07. The highest BCUT2D eigenvalue weighted by Gasteiger charge is 2.29. The number of carbonyl (C=O) groups is 1. The Morgan fingerprint density at radius 1 is 1.33 bits per heavy atom. The molecule has 2 rings (SSSR count). The Morgan fingerprint density at radius 2 is 2.14 bits per heavy atom. The van der Waals surface area contributed by atoms with Crippen LogP contribution in [0.1, 0.15) is 30.4 Å². The minimum absolute atomic E-state index is 0.106. The minimum Gasteiger partial charge on any atom is -0.492 e. The number of ether oxygens (including phenoxy) is 2. The number of aryl methyl sites for hydroxylation is 2. The van der Waals surface area contributed by atoms with Gasteiger partial charge in [-0.1, -0.05) is 18.6 Å². The molecule has 1 aromatic rings. The van der Waals surface area contributed by atoms with Crippen LogP contribution < -0.4 is 4.74 Å². The van der Waals surface area contributed by atoms with Crippen molar-refractivity contribution in [3.8, 4) is 5.75 Å². The normalized spacial score (nSPS) is 19.3. The zero-order valence-electron chi connectivity index (χ0n) is 13.2. The lowest BCUT2D eigenvalue weighted by Gasteiger charge is -2.33. The molecule has 0 bridgehead atoms. The van der Waals surface area contributed by atoms with Crippen molar-refractivity contribution in [2.24, 2.45) is 0 Å². The number of hydrogen-bond donors (Lipinski definition) is 0. The smallest absolute Gasteiger partial charge is 0.323 e. The molecule has 1 aliphatic heterocycles. The molecule has 116 valence electrons. The molecule has 0 amide bonds. The Kier molecular flexibility index (Phi) is 5.62. The number of rotatable bonds is 5. The van der Waals surface area contributed by atoms with Gasteiger partial charge in [-0.05, 0) is 50.4 Å². The van der Waals surface area contributed by atoms with E-state index >= 15 is 0 Å². The van der Waals surface area contributed by atoms with Gasteiger partial charge in [-0.3, -0.25) is 9.69 Å². The van der Waals surface area contributed by atoms with Gasteiger partial charge in [0.2, 0.25) is 0 Å². The average Bonchev–Trinajstić information content (AvgIpc) is 2.50. The van der Waals surface area contributed by atoms with Gasteiger partial charge in [0.25, 0.3) is 0 Å². The predicted molar refractivity (Wildman–Crippen MR) is 82.6 cm³/mol. The molecule has 0 unspecified atom stereocenters. The number of hydrogen-bond acceptors (Lipinski definition) is 4. The van der Waals surface area contributed by atoms with Crippen molar-refractivity contribution < 1.29 is 14.3 Å². The maximum Gasteiger partial charge on any atom is 0.323 e. The molecule has 1 fully saturated rings. The van der Waals surface area contributed by atoms with Gasteiger partial charge in [0.05, 0.1) is 7.11 Å². The summed E-state index contributed by atoms with van der Waals surface area (Å²) < 4.78 is 10.8. The second-order valence-corrected chi connectivity index (χ2v) is 5.69. The van der Waals surface area contributed by atoms with E-state index in [1.807, 2.05) is 6.92 Å². The summed E-state index contributed by atoms with van der Waals surface area (Å²) in [6, 6.07) is 6.11. The summed E-state index contributed by atoms with van der Waals surface area (Å²) in [5.41, 5.74) is 2.34. The van der Waals surface area contributed by atoms with Crippen LogP contribution in [0.4, 0.5) is 0 Å². The van der Waals surface area contributed by atoms with Crippen LogP contribution in [0.3, 0.4) is 0 Å². The molecule has 4 nitrogen and oxygen atoms in total. The second kappa shape index (κ2) is 7.46. The highest BCUT2D eigenvalue weighted by Crippen LogP contribution is 2.20. The third-order valence-corrected chi connectivity index (χ3v) is 4.07. The number of methoxy groups -OCH3 is 1. The molecule has 1 aromatic carbocycles. The van der Waals surface area contributed by atoms with E-state index in [1.54, 1.807) is 0 Å². The number of carbonyl (C=O) groups excluding carboxylic acids is 1. The van der Waals surface area contributed by atoms with Crippen molar-refractivity contribution in [3.63, 3.8) is 0 Å². The van der Waals surface area contributed by atoms with Crippen LogP contribution in [0.5, 0.6) is 5.75 Å². The SMILES string of the molecule is COC(=O)[C@H]1CCCCN1CCOc1cc(C)ccc1C. The Labute approximate surface area is 127 Å². The van der Waals surface area contributed by atoms with E-state index in [1.165, 1.54) is 12.7 Å². The predicted octanol–water partition coefficient (Wildman–Crippen LogP) is 2.71. The quantitative estimate of drug-likeness (QED) is 0.782. The zero-order chi connectivity index (χ0) is 15.2. The van der Waals surface area contributed by atoms with E-state index in [-0.39, 0.29) is 12.0 Å². The summed E-state index contributed by atoms with van der Waals surface area (Å²) in [6.07, 6.45) is 3.11. The minimum atomic E-state index is -0.124. The molecule has 4 heteroatoms. The first-order valence-corrected chi connectivity index (χ1v) is 7.63. The maximum absolute atomic E-state index is 11.8. The van der Waals surface area contributed by atoms with Gasteiger partial charge >= 0.3 is 5.97 Å². The number of piperidine rings is 1. The van der Waals surface area contributed by atoms with Crippen LogP contribution in [0.25, 0.3) is 0 Å². The molecule has 0 N–H and O–H groups in total. The van der Waals surface area contributed by atoms with Gasteiger partial charge in [0.15, 0.2) is 0 Å². The molecule has 0 aliphatic carbocycles. The van der Waals surface area contributed by atoms with Crippen LogP contribution >= 0.6 is 0 Å². The van der Waals surface area contributed by atoms with Crippen LogP contribution in [0.2, 0.25) is 0 Å². The fourth-order valence-corrected chi connectivity index (χ4v) is 2.80. The maximum atomic E-state index is 11.8. The van der Waals surface area contributed by atoms with Crippen molar-refractivity contribution in [1.29, 1.82) is 0 Å². The monoisotopic (exact) mass is 291 g/mol. The number of esters is 1. The molecular formula is C17H25NO3. The van der Waals surface area contributed by atoms with Crippen LogP contribution in [-0.2, 0) is 9.53 Å². The molecule has 21 heavy (non-hydrogen) atoms. The van der Waals surface area contributed by atoms with Crippen molar-refractivity contribution in [3.05, 3.63) is 29.3 Å². The van der Waals surface area contributed by atoms with E-state index in [0.29, 0.717) is 6.61 Å². The van der Waals surface area contributed by atoms with Gasteiger partial charge in [0.1, 0.15) is 18.4 Å². The first-order valence-electron chi connectivity index (χ1n) is 7.63. The number of nitrogens with zero attached hydrogens (tertiary/aromatic N) is 1. The molecule has 0 spiro atoms. The first kappa shape index (κ1) is 15.8. The van der Waals surface area contributed by atoms with E-state index < -0.39 is 0 Å². The Hall–Kier alpha value is -1.55. The molecule has 1 heterocycles. The lowest BCUT2D eigenvalue weighted by Crippen LogP contribution is -2.46. The van der Waals surface area contributed by atoms with Gasteiger partial charge in [-0.25, -0.2) is 0 Å². The number of likely N-dealkylation sites (tertiary alicyclic amines) is 1. The molecule has 0 saturated carbocycles. The summed E-state index contributed by atoms with van der Waals surface area (Å²) in [5.74, 6) is 0.808. The molecule has 1 aliphatic rings. The standard InChI is InChI=1S/C17H25NO3/c1-13-7-8-14(2)16(12-13)21-11-10-18-9-5-4-6-15(18)17(19)20-3/h7-8,12,15H,4-6,9-11H2,1-3H3/t15-/m1/s1. The highest BCUT2D eigenvalue weighted by atomic mass is 16.5. The molecule has 1 atom stereocenters. The second-order valence-electron chi connectivity index (χ2n) is 5.69. The van der Waals surface area contributed by atoms with Crippen LogP contribution in [0.15, 0.2) is 18.2 Å². The van der Waals surface area contributed by atoms with E-state index in [0.717, 1.165) is 43.7 Å². The van der Waals surface area contributed by atoms with Crippen LogP contribution in [-0.4, -0.2) is 43.7 Å². The average molecular weight is 291 g/mol. The zero-order valence-corrected chi connectivity index (χ0v) is 13.2. The summed E-state index contributed by atoms with van der Waals surface area (Å²) in [7, 11) is 1.46. The van der Waals surface area contributed by atoms with Gasteiger partial charge in [-0.15, -0.1) is 0 Å². The van der Waals surface area contributed by atoms with E-state index in [2.05, 4.69) is 30.0 Å². The molecule has 1 saturated heterocycles. The van der Waals surface area contributed by atoms with Crippen molar-refractivity contribution in [1.82, 2.24) is 4.90 Å². The summed E-state index contributed by atoms with van der Waals surface area (Å²) >= 11 is 0. The molecule has 0 aromatic heterocycles. The number of benzene rings is 1.